The molecule has 0 radical (unpaired) electrons. The van der Waals surface area contributed by atoms with Gasteiger partial charge in [-0.2, -0.15) is 0 Å². The Morgan fingerprint density at radius 1 is 0.788 bits per heavy atom. The van der Waals surface area contributed by atoms with E-state index >= 15 is 0 Å². The average Bonchev–Trinajstić information content (AvgIpc) is 3.47. The molecule has 0 atom stereocenters. The molecule has 0 saturated carbocycles. The van der Waals surface area contributed by atoms with Gasteiger partial charge in [0.2, 0.25) is 0 Å². The summed E-state index contributed by atoms with van der Waals surface area (Å²) in [6.45, 7) is 2.14. The Balaban J connectivity index is 1.37. The zero-order valence-corrected chi connectivity index (χ0v) is 18.8. The van der Waals surface area contributed by atoms with Crippen LogP contribution in [0.1, 0.15) is 12.7 Å². The van der Waals surface area contributed by atoms with Gasteiger partial charge >= 0.3 is 0 Å². The molecule has 6 aromatic rings. The molecule has 0 saturated heterocycles. The van der Waals surface area contributed by atoms with Gasteiger partial charge in [0.15, 0.2) is 11.5 Å². The maximum atomic E-state index is 6.48. The Labute approximate surface area is 194 Å². The van der Waals surface area contributed by atoms with E-state index in [0.717, 1.165) is 67.7 Å². The number of hydrogen-bond acceptors (Lipinski definition) is 4. The second kappa shape index (κ2) is 7.02. The van der Waals surface area contributed by atoms with Gasteiger partial charge in [-0.05, 0) is 42.0 Å². The highest BCUT2D eigenvalue weighted by Crippen LogP contribution is 2.46. The van der Waals surface area contributed by atoms with Crippen LogP contribution in [0.4, 0.5) is 0 Å². The fourth-order valence-electron chi connectivity index (χ4n) is 4.64. The summed E-state index contributed by atoms with van der Waals surface area (Å²) < 4.78 is 9.94. The third kappa shape index (κ3) is 2.76. The van der Waals surface area contributed by atoms with E-state index in [0.29, 0.717) is 0 Å². The molecule has 0 spiro atoms. The van der Waals surface area contributed by atoms with Gasteiger partial charge in [0.05, 0.1) is 21.4 Å². The third-order valence-corrected chi connectivity index (χ3v) is 7.30. The van der Waals surface area contributed by atoms with E-state index in [1.165, 1.54) is 4.70 Å². The summed E-state index contributed by atoms with van der Waals surface area (Å²) >= 11 is 1.72. The van der Waals surface area contributed by atoms with Gasteiger partial charge < -0.3 is 4.74 Å². The molecule has 158 valence electrons. The standard InChI is InChI=1S/C28H19N3OS/c1-2-25-29-21-16-15-19(27-26(21)31(25)22-8-4-5-9-23(22)32-27)17-11-13-18(14-12-17)28-30-20-7-3-6-10-24(20)33-28/h3-16H,2H2,1H3. The Kier molecular flexibility index (Phi) is 3.96. The van der Waals surface area contributed by atoms with Crippen LogP contribution < -0.4 is 4.74 Å². The van der Waals surface area contributed by atoms with E-state index in [2.05, 4.69) is 72.2 Å². The van der Waals surface area contributed by atoms with E-state index in [4.69, 9.17) is 14.7 Å². The number of aryl methyl sites for hydroxylation is 1. The van der Waals surface area contributed by atoms with Gasteiger partial charge in [-0.3, -0.25) is 4.57 Å². The number of imidazole rings is 1. The van der Waals surface area contributed by atoms with E-state index in [9.17, 15) is 0 Å². The normalized spacial score (nSPS) is 12.2. The zero-order valence-electron chi connectivity index (χ0n) is 17.9. The van der Waals surface area contributed by atoms with Crippen molar-refractivity contribution in [1.82, 2.24) is 14.5 Å². The molecule has 5 heteroatoms. The number of thiazole rings is 1. The first-order chi connectivity index (χ1) is 16.3. The predicted octanol–water partition coefficient (Wildman–Crippen LogP) is 7.64. The molecule has 7 rings (SSSR count). The highest BCUT2D eigenvalue weighted by atomic mass is 32.1. The molecule has 4 nitrogen and oxygen atoms in total. The Morgan fingerprint density at radius 2 is 1.58 bits per heavy atom. The lowest BCUT2D eigenvalue weighted by Gasteiger charge is -2.23. The summed E-state index contributed by atoms with van der Waals surface area (Å²) in [5.74, 6) is 2.77. The van der Waals surface area contributed by atoms with Gasteiger partial charge in [-0.15, -0.1) is 11.3 Å². The van der Waals surface area contributed by atoms with E-state index in [1.807, 2.05) is 24.3 Å². The summed E-state index contributed by atoms with van der Waals surface area (Å²) in [7, 11) is 0. The number of hydrogen-bond donors (Lipinski definition) is 0. The van der Waals surface area contributed by atoms with Crippen molar-refractivity contribution in [3.63, 3.8) is 0 Å². The molecule has 0 amide bonds. The molecule has 2 aromatic heterocycles. The number of fused-ring (bicyclic) bond motifs is 3. The SMILES string of the molecule is CCc1nc2ccc(-c3ccc(-c4nc5ccccc5s4)cc3)c3c2n1-c1ccccc1O3. The molecule has 4 aromatic carbocycles. The molecular formula is C28H19N3OS. The lowest BCUT2D eigenvalue weighted by Crippen LogP contribution is -2.07. The molecule has 33 heavy (non-hydrogen) atoms. The van der Waals surface area contributed by atoms with Crippen molar-refractivity contribution in [2.24, 2.45) is 0 Å². The van der Waals surface area contributed by atoms with Crippen molar-refractivity contribution in [3.05, 3.63) is 90.8 Å². The van der Waals surface area contributed by atoms with Crippen molar-refractivity contribution in [2.45, 2.75) is 13.3 Å². The Bertz CT molecular complexity index is 1640. The second-order valence-corrected chi connectivity index (χ2v) is 9.19. The molecule has 0 fully saturated rings. The second-order valence-electron chi connectivity index (χ2n) is 8.16. The minimum Gasteiger partial charge on any atom is -0.452 e. The number of nitrogens with zero attached hydrogens (tertiary/aromatic N) is 3. The number of ether oxygens (including phenoxy) is 1. The van der Waals surface area contributed by atoms with Crippen molar-refractivity contribution < 1.29 is 4.74 Å². The molecule has 0 N–H and O–H groups in total. The van der Waals surface area contributed by atoms with Crippen LogP contribution in [0, 0.1) is 0 Å². The van der Waals surface area contributed by atoms with Crippen LogP contribution in [0.2, 0.25) is 0 Å². The molecule has 0 bridgehead atoms. The predicted molar refractivity (Wildman–Crippen MR) is 135 cm³/mol. The highest BCUT2D eigenvalue weighted by molar-refractivity contribution is 7.21. The summed E-state index contributed by atoms with van der Waals surface area (Å²) in [6, 6.07) is 29.3. The smallest absolute Gasteiger partial charge is 0.161 e. The van der Waals surface area contributed by atoms with Crippen molar-refractivity contribution >= 4 is 32.6 Å². The number of aromatic nitrogens is 3. The third-order valence-electron chi connectivity index (χ3n) is 6.21. The summed E-state index contributed by atoms with van der Waals surface area (Å²) in [5, 5.41) is 1.04. The maximum absolute atomic E-state index is 6.48. The highest BCUT2D eigenvalue weighted by Gasteiger charge is 2.26. The van der Waals surface area contributed by atoms with Crippen molar-refractivity contribution in [2.75, 3.05) is 0 Å². The minimum absolute atomic E-state index is 0.856. The summed E-state index contributed by atoms with van der Waals surface area (Å²) in [4.78, 5) is 9.69. The van der Waals surface area contributed by atoms with E-state index in [1.54, 1.807) is 11.3 Å². The minimum atomic E-state index is 0.856. The number of benzene rings is 4. The number of para-hydroxylation sites is 3. The molecule has 1 aliphatic rings. The zero-order chi connectivity index (χ0) is 21.9. The van der Waals surface area contributed by atoms with Crippen LogP contribution in [0.3, 0.4) is 0 Å². The van der Waals surface area contributed by atoms with E-state index < -0.39 is 0 Å². The fourth-order valence-corrected chi connectivity index (χ4v) is 5.61. The summed E-state index contributed by atoms with van der Waals surface area (Å²) in [6.07, 6.45) is 0.856. The van der Waals surface area contributed by atoms with Crippen molar-refractivity contribution in [3.8, 4) is 38.9 Å². The van der Waals surface area contributed by atoms with Gasteiger partial charge in [-0.25, -0.2) is 9.97 Å². The van der Waals surface area contributed by atoms with Crippen LogP contribution in [0.25, 0.3) is 48.6 Å². The Morgan fingerprint density at radius 3 is 2.42 bits per heavy atom. The van der Waals surface area contributed by atoms with Crippen molar-refractivity contribution in [1.29, 1.82) is 0 Å². The van der Waals surface area contributed by atoms with Gasteiger partial charge in [-0.1, -0.05) is 55.5 Å². The van der Waals surface area contributed by atoms with Gasteiger partial charge in [0.25, 0.3) is 0 Å². The first-order valence-corrected chi connectivity index (χ1v) is 11.9. The quantitative estimate of drug-likeness (QED) is 0.281. The summed E-state index contributed by atoms with van der Waals surface area (Å²) in [5.41, 5.74) is 7.40. The lowest BCUT2D eigenvalue weighted by molar-refractivity contribution is 0.476. The molecule has 3 heterocycles. The number of rotatable bonds is 3. The van der Waals surface area contributed by atoms with Crippen LogP contribution in [-0.4, -0.2) is 14.5 Å². The first-order valence-electron chi connectivity index (χ1n) is 11.1. The van der Waals surface area contributed by atoms with Gasteiger partial charge in [0, 0.05) is 17.5 Å². The first kappa shape index (κ1) is 18.6. The van der Waals surface area contributed by atoms with Gasteiger partial charge in [0.1, 0.15) is 16.3 Å². The topological polar surface area (TPSA) is 39.9 Å². The maximum Gasteiger partial charge on any atom is 0.161 e. The van der Waals surface area contributed by atoms with Crippen LogP contribution >= 0.6 is 11.3 Å². The van der Waals surface area contributed by atoms with Crippen LogP contribution in [-0.2, 0) is 6.42 Å². The molecular weight excluding hydrogens is 426 g/mol. The molecule has 0 aliphatic carbocycles. The average molecular weight is 446 g/mol. The van der Waals surface area contributed by atoms with Crippen LogP contribution in [0.15, 0.2) is 84.9 Å². The Hall–Kier alpha value is -3.96. The lowest BCUT2D eigenvalue weighted by atomic mass is 10.0. The monoisotopic (exact) mass is 445 g/mol. The molecule has 0 unspecified atom stereocenters. The van der Waals surface area contributed by atoms with Crippen LogP contribution in [0.5, 0.6) is 11.5 Å². The fraction of sp³-hybridized carbons (Fsp3) is 0.0714. The largest absolute Gasteiger partial charge is 0.452 e. The van der Waals surface area contributed by atoms with E-state index in [-0.39, 0.29) is 0 Å². The molecule has 1 aliphatic heterocycles.